The Morgan fingerprint density at radius 1 is 1.36 bits per heavy atom. The molecule has 0 aliphatic carbocycles. The molecular formula is C8H8BrNO4. The van der Waals surface area contributed by atoms with E-state index in [2.05, 4.69) is 15.9 Å². The second-order valence-electron chi connectivity index (χ2n) is 2.42. The van der Waals surface area contributed by atoms with Crippen molar-refractivity contribution in [2.75, 3.05) is 14.2 Å². The molecule has 0 saturated heterocycles. The SMILES string of the molecule is COc1cc(Br)cc([N+](=O)[O-])c1OC. The topological polar surface area (TPSA) is 61.6 Å². The van der Waals surface area contributed by atoms with Crippen molar-refractivity contribution in [2.24, 2.45) is 0 Å². The maximum absolute atomic E-state index is 10.7. The van der Waals surface area contributed by atoms with E-state index in [9.17, 15) is 10.1 Å². The Morgan fingerprint density at radius 3 is 2.43 bits per heavy atom. The van der Waals surface area contributed by atoms with Crippen molar-refractivity contribution in [3.8, 4) is 11.5 Å². The predicted octanol–water partition coefficient (Wildman–Crippen LogP) is 2.37. The largest absolute Gasteiger partial charge is 0.493 e. The molecular weight excluding hydrogens is 254 g/mol. The van der Waals surface area contributed by atoms with Crippen LogP contribution in [0.15, 0.2) is 16.6 Å². The maximum atomic E-state index is 10.7. The zero-order valence-electron chi connectivity index (χ0n) is 7.61. The van der Waals surface area contributed by atoms with Crippen LogP contribution in [0.3, 0.4) is 0 Å². The van der Waals surface area contributed by atoms with Crippen LogP contribution in [0.5, 0.6) is 11.5 Å². The van der Waals surface area contributed by atoms with E-state index in [0.29, 0.717) is 10.2 Å². The van der Waals surface area contributed by atoms with Gasteiger partial charge in [-0.05, 0) is 6.07 Å². The van der Waals surface area contributed by atoms with Gasteiger partial charge in [0, 0.05) is 10.5 Å². The lowest BCUT2D eigenvalue weighted by Crippen LogP contribution is -1.96. The third-order valence-corrected chi connectivity index (χ3v) is 2.08. The van der Waals surface area contributed by atoms with E-state index >= 15 is 0 Å². The van der Waals surface area contributed by atoms with Gasteiger partial charge in [0.1, 0.15) is 0 Å². The monoisotopic (exact) mass is 261 g/mol. The standard InChI is InChI=1S/C8H8BrNO4/c1-13-7-4-5(9)3-6(10(11)12)8(7)14-2/h3-4H,1-2H3. The first-order valence-corrected chi connectivity index (χ1v) is 4.45. The molecule has 0 N–H and O–H groups in total. The number of nitrogens with zero attached hydrogens (tertiary/aromatic N) is 1. The lowest BCUT2D eigenvalue weighted by Gasteiger charge is -2.07. The van der Waals surface area contributed by atoms with Gasteiger partial charge >= 0.3 is 5.69 Å². The molecule has 0 aliphatic heterocycles. The van der Waals surface area contributed by atoms with Gasteiger partial charge in [-0.15, -0.1) is 0 Å². The minimum Gasteiger partial charge on any atom is -0.493 e. The molecule has 5 nitrogen and oxygen atoms in total. The molecule has 1 rings (SSSR count). The lowest BCUT2D eigenvalue weighted by atomic mass is 10.3. The quantitative estimate of drug-likeness (QED) is 0.619. The Kier molecular flexibility index (Phi) is 3.29. The molecule has 0 fully saturated rings. The van der Waals surface area contributed by atoms with E-state index < -0.39 is 4.92 Å². The molecule has 0 saturated carbocycles. The van der Waals surface area contributed by atoms with Crippen molar-refractivity contribution in [3.63, 3.8) is 0 Å². The summed E-state index contributed by atoms with van der Waals surface area (Å²) in [6.45, 7) is 0. The summed E-state index contributed by atoms with van der Waals surface area (Å²) >= 11 is 3.15. The molecule has 14 heavy (non-hydrogen) atoms. The van der Waals surface area contributed by atoms with Gasteiger partial charge in [0.2, 0.25) is 5.75 Å². The van der Waals surface area contributed by atoms with Crippen molar-refractivity contribution in [2.45, 2.75) is 0 Å². The number of nitro benzene ring substituents is 1. The summed E-state index contributed by atoms with van der Waals surface area (Å²) in [5.41, 5.74) is -0.126. The third-order valence-electron chi connectivity index (χ3n) is 1.62. The van der Waals surface area contributed by atoms with Crippen LogP contribution in [0.1, 0.15) is 0 Å². The average molecular weight is 262 g/mol. The van der Waals surface area contributed by atoms with E-state index in [4.69, 9.17) is 9.47 Å². The van der Waals surface area contributed by atoms with Gasteiger partial charge in [-0.2, -0.15) is 0 Å². The average Bonchev–Trinajstić information content (AvgIpc) is 2.16. The van der Waals surface area contributed by atoms with Crippen molar-refractivity contribution >= 4 is 21.6 Å². The van der Waals surface area contributed by atoms with Crippen LogP contribution in [-0.4, -0.2) is 19.1 Å². The van der Waals surface area contributed by atoms with Gasteiger partial charge in [-0.25, -0.2) is 0 Å². The van der Waals surface area contributed by atoms with E-state index in [1.54, 1.807) is 6.07 Å². The molecule has 6 heteroatoms. The Morgan fingerprint density at radius 2 is 2.00 bits per heavy atom. The summed E-state index contributed by atoms with van der Waals surface area (Å²) in [4.78, 5) is 10.1. The molecule has 0 atom stereocenters. The van der Waals surface area contributed by atoms with Crippen molar-refractivity contribution < 1.29 is 14.4 Å². The Balaban J connectivity index is 3.39. The van der Waals surface area contributed by atoms with Crippen molar-refractivity contribution in [3.05, 3.63) is 26.7 Å². The number of rotatable bonds is 3. The minimum atomic E-state index is -0.522. The molecule has 1 aromatic carbocycles. The first kappa shape index (κ1) is 10.8. The van der Waals surface area contributed by atoms with Gasteiger partial charge in [-0.3, -0.25) is 10.1 Å². The summed E-state index contributed by atoms with van der Waals surface area (Å²) in [6, 6.07) is 2.97. The van der Waals surface area contributed by atoms with Crippen LogP contribution in [0.4, 0.5) is 5.69 Å². The van der Waals surface area contributed by atoms with Gasteiger partial charge < -0.3 is 9.47 Å². The van der Waals surface area contributed by atoms with Gasteiger partial charge in [0.25, 0.3) is 0 Å². The summed E-state index contributed by atoms with van der Waals surface area (Å²) in [6.07, 6.45) is 0. The van der Waals surface area contributed by atoms with Crippen LogP contribution in [-0.2, 0) is 0 Å². The summed E-state index contributed by atoms with van der Waals surface area (Å²) in [5.74, 6) is 0.453. The molecule has 0 amide bonds. The number of hydrogen-bond donors (Lipinski definition) is 0. The van der Waals surface area contributed by atoms with Crippen LogP contribution in [0.25, 0.3) is 0 Å². The van der Waals surface area contributed by atoms with E-state index in [-0.39, 0.29) is 11.4 Å². The predicted molar refractivity (Wildman–Crippen MR) is 53.9 cm³/mol. The van der Waals surface area contributed by atoms with E-state index in [1.807, 2.05) is 0 Å². The molecule has 76 valence electrons. The number of methoxy groups -OCH3 is 2. The second kappa shape index (κ2) is 4.28. The van der Waals surface area contributed by atoms with Gasteiger partial charge in [0.05, 0.1) is 19.1 Å². The van der Waals surface area contributed by atoms with Crippen molar-refractivity contribution in [1.82, 2.24) is 0 Å². The van der Waals surface area contributed by atoms with Crippen LogP contribution in [0, 0.1) is 10.1 Å². The molecule has 1 aromatic rings. The van der Waals surface area contributed by atoms with E-state index in [0.717, 1.165) is 0 Å². The Hall–Kier alpha value is -1.30. The highest BCUT2D eigenvalue weighted by Gasteiger charge is 2.20. The summed E-state index contributed by atoms with van der Waals surface area (Å²) < 4.78 is 10.4. The smallest absolute Gasteiger partial charge is 0.316 e. The highest BCUT2D eigenvalue weighted by atomic mass is 79.9. The number of ether oxygens (including phenoxy) is 2. The summed E-state index contributed by atoms with van der Waals surface area (Å²) in [7, 11) is 2.78. The highest BCUT2D eigenvalue weighted by molar-refractivity contribution is 9.10. The first-order chi connectivity index (χ1) is 6.60. The normalized spacial score (nSPS) is 9.64. The molecule has 0 unspecified atom stereocenters. The minimum absolute atomic E-state index is 0.126. The molecule has 0 spiro atoms. The van der Waals surface area contributed by atoms with Crippen LogP contribution < -0.4 is 9.47 Å². The zero-order chi connectivity index (χ0) is 10.7. The second-order valence-corrected chi connectivity index (χ2v) is 3.33. The fourth-order valence-corrected chi connectivity index (χ4v) is 1.47. The molecule has 0 radical (unpaired) electrons. The van der Waals surface area contributed by atoms with E-state index in [1.165, 1.54) is 20.3 Å². The molecule has 0 aliphatic rings. The van der Waals surface area contributed by atoms with Crippen LogP contribution >= 0.6 is 15.9 Å². The molecule has 0 heterocycles. The Labute approximate surface area is 88.9 Å². The summed E-state index contributed by atoms with van der Waals surface area (Å²) in [5, 5.41) is 10.7. The van der Waals surface area contributed by atoms with Crippen LogP contribution in [0.2, 0.25) is 0 Å². The maximum Gasteiger partial charge on any atom is 0.316 e. The number of halogens is 1. The van der Waals surface area contributed by atoms with Gasteiger partial charge in [0.15, 0.2) is 5.75 Å². The van der Waals surface area contributed by atoms with Gasteiger partial charge in [-0.1, -0.05) is 15.9 Å². The fraction of sp³-hybridized carbons (Fsp3) is 0.250. The molecule has 0 bridgehead atoms. The Bertz CT molecular complexity index is 367. The third kappa shape index (κ3) is 1.95. The number of benzene rings is 1. The molecule has 0 aromatic heterocycles. The number of hydrogen-bond acceptors (Lipinski definition) is 4. The lowest BCUT2D eigenvalue weighted by molar-refractivity contribution is -0.385. The highest BCUT2D eigenvalue weighted by Crippen LogP contribution is 2.39. The fourth-order valence-electron chi connectivity index (χ4n) is 1.05. The first-order valence-electron chi connectivity index (χ1n) is 3.66. The zero-order valence-corrected chi connectivity index (χ0v) is 9.20. The number of nitro groups is 1. The van der Waals surface area contributed by atoms with Crippen molar-refractivity contribution in [1.29, 1.82) is 0 Å².